The molecule has 10 heteroatoms. The van der Waals surface area contributed by atoms with E-state index in [9.17, 15) is 18.8 Å². The molecule has 3 rings (SSSR count). The summed E-state index contributed by atoms with van der Waals surface area (Å²) in [5, 5.41) is -0.531. The number of amides is 2. The largest absolute Gasteiger partial charge is 0.490 e. The summed E-state index contributed by atoms with van der Waals surface area (Å²) in [6.45, 7) is 4.20. The standard InChI is InChI=1S/C25H25BrFNO6S/c1-3-5-10-33-22(29)14-28-24(30)21(35-25(28)31)13-17-11-19(26)23(20(12-17)32-4-2)34-15-16-6-8-18(27)9-7-16/h6-9,11-13H,3-5,10,14-15H2,1-2H3/b21-13-. The molecule has 1 saturated heterocycles. The Morgan fingerprint density at radius 1 is 1.14 bits per heavy atom. The molecule has 0 aromatic heterocycles. The van der Waals surface area contributed by atoms with Gasteiger partial charge in [0.1, 0.15) is 19.0 Å². The number of rotatable bonds is 11. The van der Waals surface area contributed by atoms with E-state index in [1.54, 1.807) is 30.3 Å². The second-order valence-electron chi connectivity index (χ2n) is 7.52. The van der Waals surface area contributed by atoms with Gasteiger partial charge in [0, 0.05) is 0 Å². The summed E-state index contributed by atoms with van der Waals surface area (Å²) in [4.78, 5) is 38.1. The lowest BCUT2D eigenvalue weighted by Crippen LogP contribution is -2.34. The van der Waals surface area contributed by atoms with Gasteiger partial charge in [0.25, 0.3) is 11.1 Å². The van der Waals surface area contributed by atoms with Crippen LogP contribution in [0.1, 0.15) is 37.8 Å². The molecule has 1 aliphatic rings. The fourth-order valence-electron chi connectivity index (χ4n) is 3.10. The third-order valence-corrected chi connectivity index (χ3v) is 6.34. The number of ether oxygens (including phenoxy) is 3. The maximum atomic E-state index is 13.1. The Balaban J connectivity index is 1.75. The van der Waals surface area contributed by atoms with Crippen molar-refractivity contribution in [3.8, 4) is 11.5 Å². The van der Waals surface area contributed by atoms with Gasteiger partial charge < -0.3 is 14.2 Å². The van der Waals surface area contributed by atoms with Crippen LogP contribution in [0.5, 0.6) is 11.5 Å². The van der Waals surface area contributed by atoms with Crippen LogP contribution in [0.4, 0.5) is 9.18 Å². The van der Waals surface area contributed by atoms with E-state index in [0.717, 1.165) is 28.6 Å². The van der Waals surface area contributed by atoms with Gasteiger partial charge in [-0.3, -0.25) is 19.3 Å². The summed E-state index contributed by atoms with van der Waals surface area (Å²) in [6, 6.07) is 9.41. The zero-order valence-corrected chi connectivity index (χ0v) is 21.7. The van der Waals surface area contributed by atoms with Crippen molar-refractivity contribution in [3.05, 3.63) is 62.7 Å². The van der Waals surface area contributed by atoms with Crippen molar-refractivity contribution in [2.45, 2.75) is 33.3 Å². The third-order valence-electron chi connectivity index (χ3n) is 4.85. The molecule has 186 valence electrons. The van der Waals surface area contributed by atoms with Gasteiger partial charge in [-0.15, -0.1) is 0 Å². The van der Waals surface area contributed by atoms with Crippen molar-refractivity contribution in [1.29, 1.82) is 0 Å². The van der Waals surface area contributed by atoms with Gasteiger partial charge in [-0.25, -0.2) is 4.39 Å². The van der Waals surface area contributed by atoms with Crippen molar-refractivity contribution in [3.63, 3.8) is 0 Å². The monoisotopic (exact) mass is 565 g/mol. The second kappa shape index (κ2) is 12.7. The van der Waals surface area contributed by atoms with Crippen LogP contribution in [0.2, 0.25) is 0 Å². The topological polar surface area (TPSA) is 82.1 Å². The number of hydrogen-bond donors (Lipinski definition) is 0. The van der Waals surface area contributed by atoms with Gasteiger partial charge in [-0.05, 0) is 82.5 Å². The first-order valence-electron chi connectivity index (χ1n) is 11.1. The minimum atomic E-state index is -0.619. The molecule has 2 aromatic carbocycles. The smallest absolute Gasteiger partial charge is 0.326 e. The zero-order valence-electron chi connectivity index (χ0n) is 19.3. The predicted octanol–water partition coefficient (Wildman–Crippen LogP) is 5.95. The van der Waals surface area contributed by atoms with Crippen LogP contribution in [0.25, 0.3) is 6.08 Å². The van der Waals surface area contributed by atoms with Crippen molar-refractivity contribution in [2.24, 2.45) is 0 Å². The quantitative estimate of drug-likeness (QED) is 0.189. The highest BCUT2D eigenvalue weighted by molar-refractivity contribution is 9.10. The first-order valence-corrected chi connectivity index (χ1v) is 12.7. The number of nitrogens with zero attached hydrogens (tertiary/aromatic N) is 1. The van der Waals surface area contributed by atoms with E-state index in [1.807, 2.05) is 13.8 Å². The number of thioether (sulfide) groups is 1. The minimum Gasteiger partial charge on any atom is -0.490 e. The Morgan fingerprint density at radius 2 is 1.89 bits per heavy atom. The molecule has 2 amide bonds. The third kappa shape index (κ3) is 7.32. The molecule has 0 atom stereocenters. The van der Waals surface area contributed by atoms with Crippen LogP contribution < -0.4 is 9.47 Å². The first kappa shape index (κ1) is 26.7. The number of carbonyl (C=O) groups is 3. The first-order chi connectivity index (χ1) is 16.8. The van der Waals surface area contributed by atoms with Crippen LogP contribution in [0.3, 0.4) is 0 Å². The molecule has 1 aliphatic heterocycles. The van der Waals surface area contributed by atoms with Crippen molar-refractivity contribution in [2.75, 3.05) is 19.8 Å². The Bertz CT molecular complexity index is 1120. The molecule has 1 heterocycles. The molecule has 2 aromatic rings. The van der Waals surface area contributed by atoms with Gasteiger partial charge in [-0.1, -0.05) is 25.5 Å². The van der Waals surface area contributed by atoms with E-state index >= 15 is 0 Å². The van der Waals surface area contributed by atoms with E-state index in [4.69, 9.17) is 14.2 Å². The predicted molar refractivity (Wildman–Crippen MR) is 135 cm³/mol. The van der Waals surface area contributed by atoms with Gasteiger partial charge in [0.2, 0.25) is 0 Å². The zero-order chi connectivity index (χ0) is 25.4. The van der Waals surface area contributed by atoms with Crippen LogP contribution in [-0.4, -0.2) is 41.8 Å². The van der Waals surface area contributed by atoms with E-state index in [0.29, 0.717) is 34.6 Å². The number of benzene rings is 2. The lowest BCUT2D eigenvalue weighted by Gasteiger charge is -2.15. The van der Waals surface area contributed by atoms with Crippen LogP contribution in [-0.2, 0) is 20.9 Å². The minimum absolute atomic E-state index is 0.186. The van der Waals surface area contributed by atoms with Gasteiger partial charge in [0.15, 0.2) is 11.5 Å². The SMILES string of the molecule is CCCCOC(=O)CN1C(=O)S/C(=C\c2cc(Br)c(OCc3ccc(F)cc3)c(OCC)c2)C1=O. The van der Waals surface area contributed by atoms with Gasteiger partial charge in [-0.2, -0.15) is 0 Å². The molecule has 0 aliphatic carbocycles. The fourth-order valence-corrected chi connectivity index (χ4v) is 4.52. The van der Waals surface area contributed by atoms with E-state index in [-0.39, 0.29) is 23.9 Å². The Hall–Kier alpha value is -2.85. The molecule has 0 unspecified atom stereocenters. The molecule has 0 bridgehead atoms. The Labute approximate surface area is 215 Å². The lowest BCUT2D eigenvalue weighted by molar-refractivity contribution is -0.146. The van der Waals surface area contributed by atoms with Gasteiger partial charge in [0.05, 0.1) is 22.6 Å². The summed E-state index contributed by atoms with van der Waals surface area (Å²) in [5.41, 5.74) is 1.39. The number of imide groups is 1. The number of halogens is 2. The van der Waals surface area contributed by atoms with E-state index in [1.165, 1.54) is 12.1 Å². The molecule has 7 nitrogen and oxygen atoms in total. The summed E-state index contributed by atoms with van der Waals surface area (Å²) in [5.74, 6) is -0.610. The maximum absolute atomic E-state index is 13.1. The van der Waals surface area contributed by atoms with E-state index < -0.39 is 23.7 Å². The van der Waals surface area contributed by atoms with Crippen LogP contribution in [0, 0.1) is 5.82 Å². The molecule has 0 saturated carbocycles. The fraction of sp³-hybridized carbons (Fsp3) is 0.320. The molecular formula is C25H25BrFNO6S. The summed E-state index contributed by atoms with van der Waals surface area (Å²) >= 11 is 4.24. The summed E-state index contributed by atoms with van der Waals surface area (Å²) < 4.78 is 30.4. The Kier molecular flexibility index (Phi) is 9.73. The number of esters is 1. The summed E-state index contributed by atoms with van der Waals surface area (Å²) in [7, 11) is 0. The summed E-state index contributed by atoms with van der Waals surface area (Å²) in [6.07, 6.45) is 3.14. The van der Waals surface area contributed by atoms with Crippen LogP contribution >= 0.6 is 27.7 Å². The average molecular weight is 566 g/mol. The maximum Gasteiger partial charge on any atom is 0.326 e. The van der Waals surface area contributed by atoms with Crippen LogP contribution in [0.15, 0.2) is 45.8 Å². The lowest BCUT2D eigenvalue weighted by atomic mass is 10.1. The highest BCUT2D eigenvalue weighted by atomic mass is 79.9. The highest BCUT2D eigenvalue weighted by Crippen LogP contribution is 2.39. The van der Waals surface area contributed by atoms with Crippen molar-refractivity contribution < 1.29 is 33.0 Å². The molecular weight excluding hydrogens is 541 g/mol. The van der Waals surface area contributed by atoms with Crippen molar-refractivity contribution in [1.82, 2.24) is 4.90 Å². The average Bonchev–Trinajstić information content (AvgIpc) is 3.07. The molecule has 35 heavy (non-hydrogen) atoms. The Morgan fingerprint density at radius 3 is 2.57 bits per heavy atom. The second-order valence-corrected chi connectivity index (χ2v) is 9.37. The number of carbonyl (C=O) groups excluding carboxylic acids is 3. The molecule has 0 spiro atoms. The molecule has 1 fully saturated rings. The van der Waals surface area contributed by atoms with Crippen molar-refractivity contribution >= 4 is 50.9 Å². The highest BCUT2D eigenvalue weighted by Gasteiger charge is 2.36. The van der Waals surface area contributed by atoms with Gasteiger partial charge >= 0.3 is 5.97 Å². The normalized spacial score (nSPS) is 14.5. The van der Waals surface area contributed by atoms with E-state index in [2.05, 4.69) is 15.9 Å². The molecule has 0 radical (unpaired) electrons. The molecule has 0 N–H and O–H groups in total. The number of hydrogen-bond acceptors (Lipinski definition) is 7. The number of unbranched alkanes of at least 4 members (excludes halogenated alkanes) is 1.